The number of hydroxylamine groups is 1. The summed E-state index contributed by atoms with van der Waals surface area (Å²) in [4.78, 5) is 11.0. The van der Waals surface area contributed by atoms with E-state index in [4.69, 9.17) is 5.21 Å². The van der Waals surface area contributed by atoms with Crippen LogP contribution in [0.15, 0.2) is 30.3 Å². The van der Waals surface area contributed by atoms with Crippen molar-refractivity contribution in [2.75, 3.05) is 0 Å². The van der Waals surface area contributed by atoms with Gasteiger partial charge < -0.3 is 0 Å². The Morgan fingerprint density at radius 1 is 1.43 bits per heavy atom. The minimum atomic E-state index is -0.319. The van der Waals surface area contributed by atoms with Crippen LogP contribution in [0.2, 0.25) is 0 Å². The van der Waals surface area contributed by atoms with Gasteiger partial charge in [-0.25, -0.2) is 5.48 Å². The van der Waals surface area contributed by atoms with Crippen LogP contribution in [0.5, 0.6) is 0 Å². The molecule has 0 heterocycles. The van der Waals surface area contributed by atoms with Crippen molar-refractivity contribution < 1.29 is 10.0 Å². The smallest absolute Gasteiger partial charge is 0.246 e. The Balaban J connectivity index is 2.38. The molecule has 0 radical (unpaired) electrons. The number of hydrogen-bond donors (Lipinski definition) is 2. The summed E-state index contributed by atoms with van der Waals surface area (Å²) in [6.45, 7) is 1.80. The van der Waals surface area contributed by atoms with Gasteiger partial charge in [0.05, 0.1) is 0 Å². The van der Waals surface area contributed by atoms with Gasteiger partial charge in [-0.3, -0.25) is 10.0 Å². The molecular weight excluding hydrogens is 178 g/mol. The summed E-state index contributed by atoms with van der Waals surface area (Å²) in [5.41, 5.74) is 2.88. The molecule has 0 aliphatic heterocycles. The molecule has 0 unspecified atom stereocenters. The first-order valence-electron chi connectivity index (χ1n) is 4.72. The van der Waals surface area contributed by atoms with Crippen molar-refractivity contribution in [3.05, 3.63) is 35.9 Å². The molecule has 0 aliphatic carbocycles. The van der Waals surface area contributed by atoms with E-state index in [0.717, 1.165) is 12.8 Å². The van der Waals surface area contributed by atoms with Gasteiger partial charge in [0.25, 0.3) is 0 Å². The zero-order chi connectivity index (χ0) is 10.4. The minimum absolute atomic E-state index is 0.153. The molecule has 1 rings (SSSR count). The average Bonchev–Trinajstić information content (AvgIpc) is 2.26. The second kappa shape index (κ2) is 5.40. The Kier molecular flexibility index (Phi) is 4.13. The normalized spacial score (nSPS) is 12.1. The number of benzene rings is 1. The van der Waals surface area contributed by atoms with Crippen LogP contribution in [0.25, 0.3) is 0 Å². The molecule has 3 nitrogen and oxygen atoms in total. The van der Waals surface area contributed by atoms with Crippen molar-refractivity contribution in [1.29, 1.82) is 0 Å². The number of carbonyl (C=O) groups is 1. The first-order valence-corrected chi connectivity index (χ1v) is 4.72. The molecule has 0 aromatic heterocycles. The second-order valence-corrected chi connectivity index (χ2v) is 3.40. The summed E-state index contributed by atoms with van der Waals surface area (Å²) in [7, 11) is 0. The number of nitrogens with one attached hydrogen (secondary N) is 1. The van der Waals surface area contributed by atoms with E-state index >= 15 is 0 Å². The molecule has 1 aromatic rings. The highest BCUT2D eigenvalue weighted by Gasteiger charge is 2.10. The third kappa shape index (κ3) is 3.18. The molecule has 1 amide bonds. The molecular formula is C11H15NO2. The Morgan fingerprint density at radius 3 is 2.64 bits per heavy atom. The average molecular weight is 193 g/mol. The molecule has 0 aliphatic rings. The van der Waals surface area contributed by atoms with Gasteiger partial charge in [-0.15, -0.1) is 0 Å². The lowest BCUT2D eigenvalue weighted by molar-refractivity contribution is -0.133. The van der Waals surface area contributed by atoms with E-state index in [-0.39, 0.29) is 11.8 Å². The van der Waals surface area contributed by atoms with Crippen molar-refractivity contribution in [2.24, 2.45) is 5.92 Å². The Hall–Kier alpha value is -1.35. The van der Waals surface area contributed by atoms with E-state index in [2.05, 4.69) is 0 Å². The third-order valence-electron chi connectivity index (χ3n) is 2.27. The van der Waals surface area contributed by atoms with Crippen molar-refractivity contribution >= 4 is 5.91 Å². The largest absolute Gasteiger partial charge is 0.289 e. The van der Waals surface area contributed by atoms with Crippen molar-refractivity contribution in [1.82, 2.24) is 5.48 Å². The number of rotatable bonds is 4. The fourth-order valence-corrected chi connectivity index (χ4v) is 1.27. The SMILES string of the molecule is C[C@H](CCc1ccccc1)C(=O)NO. The Labute approximate surface area is 83.7 Å². The van der Waals surface area contributed by atoms with Crippen LogP contribution < -0.4 is 5.48 Å². The lowest BCUT2D eigenvalue weighted by Gasteiger charge is -2.08. The standard InChI is InChI=1S/C11H15NO2/c1-9(11(13)12-14)7-8-10-5-3-2-4-6-10/h2-6,9,14H,7-8H2,1H3,(H,12,13)/t9-/m1/s1. The maximum Gasteiger partial charge on any atom is 0.246 e. The van der Waals surface area contributed by atoms with E-state index in [0.29, 0.717) is 0 Å². The van der Waals surface area contributed by atoms with Crippen LogP contribution in [-0.2, 0) is 11.2 Å². The van der Waals surface area contributed by atoms with Gasteiger partial charge in [0, 0.05) is 5.92 Å². The van der Waals surface area contributed by atoms with Crippen LogP contribution in [0.4, 0.5) is 0 Å². The highest BCUT2D eigenvalue weighted by Crippen LogP contribution is 2.09. The van der Waals surface area contributed by atoms with Crippen molar-refractivity contribution in [3.8, 4) is 0 Å². The van der Waals surface area contributed by atoms with Crippen LogP contribution in [0.1, 0.15) is 18.9 Å². The number of carbonyl (C=O) groups excluding carboxylic acids is 1. The summed E-state index contributed by atoms with van der Waals surface area (Å²) >= 11 is 0. The van der Waals surface area contributed by atoms with Crippen LogP contribution in [0.3, 0.4) is 0 Å². The molecule has 1 aromatic carbocycles. The molecule has 14 heavy (non-hydrogen) atoms. The topological polar surface area (TPSA) is 49.3 Å². The molecule has 0 saturated carbocycles. The molecule has 3 heteroatoms. The quantitative estimate of drug-likeness (QED) is 0.565. The summed E-state index contributed by atoms with van der Waals surface area (Å²) in [5, 5.41) is 8.40. The van der Waals surface area contributed by atoms with Gasteiger partial charge in [0.1, 0.15) is 0 Å². The van der Waals surface area contributed by atoms with Gasteiger partial charge in [-0.05, 0) is 18.4 Å². The maximum atomic E-state index is 11.0. The lowest BCUT2D eigenvalue weighted by atomic mass is 10.0. The summed E-state index contributed by atoms with van der Waals surface area (Å²) in [6, 6.07) is 9.98. The molecule has 76 valence electrons. The first-order chi connectivity index (χ1) is 6.74. The lowest BCUT2D eigenvalue weighted by Crippen LogP contribution is -2.26. The second-order valence-electron chi connectivity index (χ2n) is 3.40. The van der Waals surface area contributed by atoms with E-state index in [1.807, 2.05) is 30.3 Å². The zero-order valence-electron chi connectivity index (χ0n) is 8.23. The fraction of sp³-hybridized carbons (Fsp3) is 0.364. The molecule has 0 spiro atoms. The summed E-state index contributed by atoms with van der Waals surface area (Å²) in [5.74, 6) is -0.471. The molecule has 2 N–H and O–H groups in total. The van der Waals surface area contributed by atoms with Gasteiger partial charge in [-0.1, -0.05) is 37.3 Å². The van der Waals surface area contributed by atoms with E-state index < -0.39 is 0 Å². The molecule has 0 saturated heterocycles. The molecule has 1 atom stereocenters. The van der Waals surface area contributed by atoms with Crippen molar-refractivity contribution in [3.63, 3.8) is 0 Å². The monoisotopic (exact) mass is 193 g/mol. The number of amides is 1. The minimum Gasteiger partial charge on any atom is -0.289 e. The van der Waals surface area contributed by atoms with Crippen molar-refractivity contribution in [2.45, 2.75) is 19.8 Å². The highest BCUT2D eigenvalue weighted by atomic mass is 16.5. The third-order valence-corrected chi connectivity index (χ3v) is 2.27. The predicted molar refractivity (Wildman–Crippen MR) is 53.9 cm³/mol. The van der Waals surface area contributed by atoms with Crippen LogP contribution in [0, 0.1) is 5.92 Å². The molecule has 0 fully saturated rings. The van der Waals surface area contributed by atoms with Gasteiger partial charge in [0.15, 0.2) is 0 Å². The van der Waals surface area contributed by atoms with E-state index in [1.165, 1.54) is 5.56 Å². The summed E-state index contributed by atoms with van der Waals surface area (Å²) < 4.78 is 0. The van der Waals surface area contributed by atoms with Crippen LogP contribution in [-0.4, -0.2) is 11.1 Å². The van der Waals surface area contributed by atoms with Gasteiger partial charge in [0.2, 0.25) is 5.91 Å². The van der Waals surface area contributed by atoms with E-state index in [1.54, 1.807) is 12.4 Å². The Morgan fingerprint density at radius 2 is 2.07 bits per heavy atom. The number of aryl methyl sites for hydroxylation is 1. The Bertz CT molecular complexity index is 285. The predicted octanol–water partition coefficient (Wildman–Crippen LogP) is 1.76. The van der Waals surface area contributed by atoms with Gasteiger partial charge in [-0.2, -0.15) is 0 Å². The first kappa shape index (κ1) is 10.7. The van der Waals surface area contributed by atoms with E-state index in [9.17, 15) is 4.79 Å². The fourth-order valence-electron chi connectivity index (χ4n) is 1.27. The van der Waals surface area contributed by atoms with Gasteiger partial charge >= 0.3 is 0 Å². The maximum absolute atomic E-state index is 11.0. The molecule has 0 bridgehead atoms. The highest BCUT2D eigenvalue weighted by molar-refractivity contribution is 5.76. The zero-order valence-corrected chi connectivity index (χ0v) is 8.23. The summed E-state index contributed by atoms with van der Waals surface area (Å²) in [6.07, 6.45) is 1.60. The number of hydrogen-bond acceptors (Lipinski definition) is 2. The van der Waals surface area contributed by atoms with Crippen LogP contribution >= 0.6 is 0 Å².